The van der Waals surface area contributed by atoms with Crippen LogP contribution in [-0.2, 0) is 20.7 Å². The van der Waals surface area contributed by atoms with Crippen LogP contribution in [0.4, 0.5) is 0 Å². The Hall–Kier alpha value is -0.910. The molecule has 3 rings (SSSR count). The summed E-state index contributed by atoms with van der Waals surface area (Å²) in [5.41, 5.74) is 1.24. The summed E-state index contributed by atoms with van der Waals surface area (Å²) in [6, 6.07) is 2.31. The number of carbonyl (C=O) groups is 1. The number of thiophene rings is 1. The van der Waals surface area contributed by atoms with Crippen molar-refractivity contribution in [2.75, 3.05) is 20.3 Å². The number of hydrogen-bond acceptors (Lipinski definition) is 4. The summed E-state index contributed by atoms with van der Waals surface area (Å²) in [7, 11) is 1.71. The van der Waals surface area contributed by atoms with E-state index in [0.29, 0.717) is 24.9 Å². The minimum Gasteiger partial charge on any atom is -0.384 e. The maximum Gasteiger partial charge on any atom is 0.220 e. The van der Waals surface area contributed by atoms with Crippen molar-refractivity contribution in [2.24, 2.45) is 11.8 Å². The fourth-order valence-corrected chi connectivity index (χ4v) is 4.09. The molecule has 1 aliphatic heterocycles. The highest BCUT2D eigenvalue weighted by Crippen LogP contribution is 2.43. The highest BCUT2D eigenvalue weighted by atomic mass is 32.1. The lowest BCUT2D eigenvalue weighted by Gasteiger charge is -2.47. The highest BCUT2D eigenvalue weighted by Gasteiger charge is 2.54. The van der Waals surface area contributed by atoms with Crippen LogP contribution in [0.2, 0.25) is 0 Å². The maximum atomic E-state index is 12.1. The lowest BCUT2D eigenvalue weighted by molar-refractivity contribution is -0.129. The number of aryl methyl sites for hydroxylation is 1. The average Bonchev–Trinajstić information content (AvgIpc) is 3.09. The predicted octanol–water partition coefficient (Wildman–Crippen LogP) is 1.85. The Labute approximate surface area is 123 Å². The van der Waals surface area contributed by atoms with Gasteiger partial charge in [0, 0.05) is 38.0 Å². The number of methoxy groups -OCH3 is 1. The Kier molecular flexibility index (Phi) is 4.38. The minimum absolute atomic E-state index is 0.146. The van der Waals surface area contributed by atoms with E-state index in [1.165, 1.54) is 5.56 Å². The SMILES string of the molecule is COC[C@@H]1[C@H](NC(=O)CCc2ccsc2)[C@@H]2CCO[C@H]12. The lowest BCUT2D eigenvalue weighted by atomic mass is 9.67. The third-order valence-corrected chi connectivity index (χ3v) is 5.17. The summed E-state index contributed by atoms with van der Waals surface area (Å²) in [6.07, 6.45) is 2.73. The number of nitrogens with one attached hydrogen (secondary N) is 1. The molecule has 1 aromatic heterocycles. The molecule has 1 saturated carbocycles. The molecular formula is C15H21NO3S. The van der Waals surface area contributed by atoms with E-state index < -0.39 is 0 Å². The van der Waals surface area contributed by atoms with Crippen LogP contribution in [0.15, 0.2) is 16.8 Å². The standard InChI is InChI=1S/C15H21NO3S/c1-18-8-12-14(11-4-6-19-15(11)12)16-13(17)3-2-10-5-7-20-9-10/h5,7,9,11-12,14-15H,2-4,6,8H2,1H3,(H,16,17)/t11-,12+,14+,15-/m0/s1. The minimum atomic E-state index is 0.146. The molecule has 4 nitrogen and oxygen atoms in total. The molecule has 0 radical (unpaired) electrons. The second-order valence-corrected chi connectivity index (χ2v) is 6.41. The molecule has 1 N–H and O–H groups in total. The molecule has 1 saturated heterocycles. The number of rotatable bonds is 6. The molecule has 0 bridgehead atoms. The normalized spacial score (nSPS) is 31.6. The van der Waals surface area contributed by atoms with E-state index in [-0.39, 0.29) is 18.1 Å². The molecule has 1 amide bonds. The smallest absolute Gasteiger partial charge is 0.220 e. The molecule has 2 fully saturated rings. The Morgan fingerprint density at radius 1 is 1.60 bits per heavy atom. The van der Waals surface area contributed by atoms with E-state index >= 15 is 0 Å². The van der Waals surface area contributed by atoms with Gasteiger partial charge < -0.3 is 14.8 Å². The molecule has 1 aliphatic carbocycles. The van der Waals surface area contributed by atoms with E-state index in [9.17, 15) is 4.79 Å². The summed E-state index contributed by atoms with van der Waals surface area (Å²) in [6.45, 7) is 1.48. The number of hydrogen-bond donors (Lipinski definition) is 1. The third-order valence-electron chi connectivity index (χ3n) is 4.44. The van der Waals surface area contributed by atoms with Gasteiger partial charge in [0.05, 0.1) is 12.7 Å². The van der Waals surface area contributed by atoms with Crippen molar-refractivity contribution in [1.82, 2.24) is 5.32 Å². The van der Waals surface area contributed by atoms with Crippen molar-refractivity contribution < 1.29 is 14.3 Å². The van der Waals surface area contributed by atoms with Crippen LogP contribution in [0, 0.1) is 11.8 Å². The third kappa shape index (κ3) is 2.75. The van der Waals surface area contributed by atoms with Crippen LogP contribution in [0.5, 0.6) is 0 Å². The van der Waals surface area contributed by atoms with Crippen LogP contribution < -0.4 is 5.32 Å². The molecule has 0 spiro atoms. The molecule has 5 heteroatoms. The highest BCUT2D eigenvalue weighted by molar-refractivity contribution is 7.07. The molecule has 2 aliphatic rings. The Morgan fingerprint density at radius 3 is 3.25 bits per heavy atom. The van der Waals surface area contributed by atoms with Gasteiger partial charge in [-0.1, -0.05) is 0 Å². The zero-order valence-electron chi connectivity index (χ0n) is 11.7. The van der Waals surface area contributed by atoms with Gasteiger partial charge in [0.15, 0.2) is 0 Å². The summed E-state index contributed by atoms with van der Waals surface area (Å²) in [5.74, 6) is 0.950. The van der Waals surface area contributed by atoms with E-state index in [1.54, 1.807) is 18.4 Å². The fourth-order valence-electron chi connectivity index (χ4n) is 3.39. The van der Waals surface area contributed by atoms with Crippen molar-refractivity contribution in [3.8, 4) is 0 Å². The molecule has 1 aromatic rings. The Morgan fingerprint density at radius 2 is 2.50 bits per heavy atom. The van der Waals surface area contributed by atoms with Gasteiger partial charge in [0.2, 0.25) is 5.91 Å². The van der Waals surface area contributed by atoms with Crippen LogP contribution in [0.1, 0.15) is 18.4 Å². The fraction of sp³-hybridized carbons (Fsp3) is 0.667. The zero-order valence-corrected chi connectivity index (χ0v) is 12.5. The van der Waals surface area contributed by atoms with Gasteiger partial charge in [-0.25, -0.2) is 0 Å². The van der Waals surface area contributed by atoms with Crippen molar-refractivity contribution in [3.63, 3.8) is 0 Å². The lowest BCUT2D eigenvalue weighted by Crippen LogP contribution is -2.62. The van der Waals surface area contributed by atoms with Gasteiger partial charge in [-0.15, -0.1) is 0 Å². The van der Waals surface area contributed by atoms with Crippen molar-refractivity contribution >= 4 is 17.2 Å². The molecular weight excluding hydrogens is 274 g/mol. The molecule has 2 heterocycles. The number of ether oxygens (including phenoxy) is 2. The van der Waals surface area contributed by atoms with E-state index in [1.807, 2.05) is 5.38 Å². The largest absolute Gasteiger partial charge is 0.384 e. The van der Waals surface area contributed by atoms with Crippen molar-refractivity contribution in [1.29, 1.82) is 0 Å². The second-order valence-electron chi connectivity index (χ2n) is 5.63. The van der Waals surface area contributed by atoms with Gasteiger partial charge in [0.1, 0.15) is 0 Å². The van der Waals surface area contributed by atoms with Crippen LogP contribution >= 0.6 is 11.3 Å². The quantitative estimate of drug-likeness (QED) is 0.871. The second kappa shape index (κ2) is 6.24. The molecule has 20 heavy (non-hydrogen) atoms. The van der Waals surface area contributed by atoms with Crippen LogP contribution in [-0.4, -0.2) is 38.4 Å². The predicted molar refractivity (Wildman–Crippen MR) is 77.8 cm³/mol. The molecule has 0 aromatic carbocycles. The van der Waals surface area contributed by atoms with Gasteiger partial charge in [0.25, 0.3) is 0 Å². The first kappa shape index (κ1) is 14.0. The van der Waals surface area contributed by atoms with Gasteiger partial charge >= 0.3 is 0 Å². The van der Waals surface area contributed by atoms with Crippen molar-refractivity contribution in [3.05, 3.63) is 22.4 Å². The van der Waals surface area contributed by atoms with E-state index in [4.69, 9.17) is 9.47 Å². The maximum absolute atomic E-state index is 12.1. The molecule has 110 valence electrons. The monoisotopic (exact) mass is 295 g/mol. The Balaban J connectivity index is 1.49. The topological polar surface area (TPSA) is 47.6 Å². The first-order valence-electron chi connectivity index (χ1n) is 7.20. The summed E-state index contributed by atoms with van der Waals surface area (Å²) >= 11 is 1.68. The summed E-state index contributed by atoms with van der Waals surface area (Å²) in [5, 5.41) is 7.34. The van der Waals surface area contributed by atoms with Crippen molar-refractivity contribution in [2.45, 2.75) is 31.4 Å². The van der Waals surface area contributed by atoms with Gasteiger partial charge in [-0.2, -0.15) is 11.3 Å². The first-order chi connectivity index (χ1) is 9.79. The van der Waals surface area contributed by atoms with Gasteiger partial charge in [-0.05, 0) is 35.2 Å². The first-order valence-corrected chi connectivity index (χ1v) is 8.15. The summed E-state index contributed by atoms with van der Waals surface area (Å²) in [4.78, 5) is 12.1. The van der Waals surface area contributed by atoms with Gasteiger partial charge in [-0.3, -0.25) is 4.79 Å². The average molecular weight is 295 g/mol. The molecule has 4 atom stereocenters. The molecule has 0 unspecified atom stereocenters. The number of carbonyl (C=O) groups excluding carboxylic acids is 1. The number of amides is 1. The van der Waals surface area contributed by atoms with E-state index in [2.05, 4.69) is 16.8 Å². The van der Waals surface area contributed by atoms with Crippen LogP contribution in [0.25, 0.3) is 0 Å². The Bertz CT molecular complexity index is 448. The number of fused-ring (bicyclic) bond motifs is 1. The zero-order chi connectivity index (χ0) is 13.9. The van der Waals surface area contributed by atoms with E-state index in [0.717, 1.165) is 19.4 Å². The van der Waals surface area contributed by atoms with Crippen LogP contribution in [0.3, 0.4) is 0 Å². The summed E-state index contributed by atoms with van der Waals surface area (Å²) < 4.78 is 11.0.